The third-order valence-electron chi connectivity index (χ3n) is 4.70. The average molecular weight is 368 g/mol. The van der Waals surface area contributed by atoms with Crippen LogP contribution in [0.15, 0.2) is 24.3 Å². The number of carbonyl (C=O) groups excluding carboxylic acids is 2. The largest absolute Gasteiger partial charge is 0.484 e. The molecule has 0 saturated carbocycles. The number of nitrogens with one attached hydrogen (secondary N) is 1. The predicted molar refractivity (Wildman–Crippen MR) is 99.4 cm³/mol. The van der Waals surface area contributed by atoms with E-state index in [2.05, 4.69) is 5.32 Å². The molecule has 0 aliphatic carbocycles. The number of likely N-dealkylation sites (tertiary alicyclic amines) is 1. The topological polar surface area (TPSA) is 61.9 Å². The molecule has 2 saturated heterocycles. The van der Waals surface area contributed by atoms with Gasteiger partial charge in [-0.3, -0.25) is 9.59 Å². The second-order valence-corrected chi connectivity index (χ2v) is 6.38. The summed E-state index contributed by atoms with van der Waals surface area (Å²) in [4.78, 5) is 27.9. The Morgan fingerprint density at radius 1 is 1.32 bits per heavy atom. The molecular weight excluding hydrogens is 342 g/mol. The highest BCUT2D eigenvalue weighted by atomic mass is 35.5. The van der Waals surface area contributed by atoms with Crippen LogP contribution < -0.4 is 15.0 Å². The number of hydrogen-bond donors (Lipinski definition) is 1. The molecule has 1 atom stereocenters. The van der Waals surface area contributed by atoms with Crippen LogP contribution in [0.1, 0.15) is 25.7 Å². The molecule has 7 heteroatoms. The van der Waals surface area contributed by atoms with Gasteiger partial charge in [-0.05, 0) is 38.4 Å². The van der Waals surface area contributed by atoms with E-state index in [0.717, 1.165) is 44.6 Å². The number of likely N-dealkylation sites (N-methyl/N-ethyl adjacent to an activating group) is 1. The van der Waals surface area contributed by atoms with Crippen molar-refractivity contribution in [2.75, 3.05) is 38.2 Å². The zero-order chi connectivity index (χ0) is 16.9. The summed E-state index contributed by atoms with van der Waals surface area (Å²) >= 11 is 0. The molecule has 2 heterocycles. The van der Waals surface area contributed by atoms with Crippen molar-refractivity contribution in [2.24, 2.45) is 0 Å². The number of anilines is 1. The molecule has 1 unspecified atom stereocenters. The molecule has 3 rings (SSSR count). The molecule has 0 spiro atoms. The van der Waals surface area contributed by atoms with Gasteiger partial charge in [0.25, 0.3) is 5.91 Å². The molecule has 1 aromatic rings. The SMILES string of the molecule is CNCC1CCCN1C(=O)COc1cccc(N2CCCC2=O)c1.Cl. The van der Waals surface area contributed by atoms with Gasteiger partial charge in [0.15, 0.2) is 6.61 Å². The van der Waals surface area contributed by atoms with Gasteiger partial charge < -0.3 is 19.9 Å². The van der Waals surface area contributed by atoms with Crippen molar-refractivity contribution < 1.29 is 14.3 Å². The van der Waals surface area contributed by atoms with Crippen LogP contribution in [0, 0.1) is 0 Å². The third kappa shape index (κ3) is 4.64. The first-order valence-corrected chi connectivity index (χ1v) is 8.66. The van der Waals surface area contributed by atoms with Gasteiger partial charge in [-0.2, -0.15) is 0 Å². The van der Waals surface area contributed by atoms with Crippen molar-refractivity contribution in [3.05, 3.63) is 24.3 Å². The van der Waals surface area contributed by atoms with Crippen LogP contribution >= 0.6 is 12.4 Å². The Balaban J connectivity index is 0.00000225. The molecule has 138 valence electrons. The summed E-state index contributed by atoms with van der Waals surface area (Å²) in [5.41, 5.74) is 0.844. The van der Waals surface area contributed by atoms with Crippen LogP contribution in [-0.4, -0.2) is 56.0 Å². The summed E-state index contributed by atoms with van der Waals surface area (Å²) in [5, 5.41) is 3.14. The number of hydrogen-bond acceptors (Lipinski definition) is 4. The third-order valence-corrected chi connectivity index (χ3v) is 4.70. The lowest BCUT2D eigenvalue weighted by molar-refractivity contribution is -0.134. The summed E-state index contributed by atoms with van der Waals surface area (Å²) in [6, 6.07) is 7.69. The highest BCUT2D eigenvalue weighted by Gasteiger charge is 2.28. The van der Waals surface area contributed by atoms with Crippen molar-refractivity contribution >= 4 is 29.9 Å². The Labute approximate surface area is 154 Å². The normalized spacial score (nSPS) is 19.9. The smallest absolute Gasteiger partial charge is 0.260 e. The lowest BCUT2D eigenvalue weighted by Crippen LogP contribution is -2.43. The minimum absolute atomic E-state index is 0. The van der Waals surface area contributed by atoms with Crippen molar-refractivity contribution in [1.29, 1.82) is 0 Å². The second kappa shape index (κ2) is 9.06. The maximum absolute atomic E-state index is 12.4. The minimum atomic E-state index is 0. The standard InChI is InChI=1S/C18H25N3O3.ClH/c1-19-12-15-6-3-9-21(15)18(23)13-24-16-7-2-5-14(11-16)20-10-4-8-17(20)22;/h2,5,7,11,15,19H,3-4,6,8-10,12-13H2,1H3;1H. The summed E-state index contributed by atoms with van der Waals surface area (Å²) in [5.74, 6) is 0.801. The van der Waals surface area contributed by atoms with E-state index in [9.17, 15) is 9.59 Å². The first-order valence-electron chi connectivity index (χ1n) is 8.66. The maximum Gasteiger partial charge on any atom is 0.260 e. The summed E-state index contributed by atoms with van der Waals surface area (Å²) < 4.78 is 5.69. The number of benzene rings is 1. The minimum Gasteiger partial charge on any atom is -0.484 e. The summed E-state index contributed by atoms with van der Waals surface area (Å²) in [6.07, 6.45) is 3.58. The van der Waals surface area contributed by atoms with E-state index in [-0.39, 0.29) is 36.9 Å². The quantitative estimate of drug-likeness (QED) is 0.833. The Bertz CT molecular complexity index is 611. The van der Waals surface area contributed by atoms with Crippen molar-refractivity contribution in [3.63, 3.8) is 0 Å². The molecule has 0 aromatic heterocycles. The van der Waals surface area contributed by atoms with Gasteiger partial charge in [-0.1, -0.05) is 6.07 Å². The maximum atomic E-state index is 12.4. The van der Waals surface area contributed by atoms with Crippen molar-refractivity contribution in [2.45, 2.75) is 31.7 Å². The number of ether oxygens (including phenoxy) is 1. The van der Waals surface area contributed by atoms with E-state index < -0.39 is 0 Å². The van der Waals surface area contributed by atoms with E-state index >= 15 is 0 Å². The molecule has 0 bridgehead atoms. The fourth-order valence-electron chi connectivity index (χ4n) is 3.50. The molecule has 2 aliphatic rings. The number of nitrogens with zero attached hydrogens (tertiary/aromatic N) is 2. The summed E-state index contributed by atoms with van der Waals surface area (Å²) in [6.45, 7) is 2.41. The Kier molecular flexibility index (Phi) is 7.08. The van der Waals surface area contributed by atoms with Crippen LogP contribution in [0.3, 0.4) is 0 Å². The zero-order valence-electron chi connectivity index (χ0n) is 14.6. The van der Waals surface area contributed by atoms with Gasteiger partial charge in [0.2, 0.25) is 5.91 Å². The van der Waals surface area contributed by atoms with Crippen LogP contribution in [0.4, 0.5) is 5.69 Å². The van der Waals surface area contributed by atoms with Crippen LogP contribution in [0.2, 0.25) is 0 Å². The Morgan fingerprint density at radius 2 is 2.16 bits per heavy atom. The van der Waals surface area contributed by atoms with Crippen LogP contribution in [0.25, 0.3) is 0 Å². The van der Waals surface area contributed by atoms with E-state index in [4.69, 9.17) is 4.74 Å². The highest BCUT2D eigenvalue weighted by molar-refractivity contribution is 5.95. The van der Waals surface area contributed by atoms with E-state index in [1.54, 1.807) is 4.90 Å². The lowest BCUT2D eigenvalue weighted by atomic mass is 10.2. The highest BCUT2D eigenvalue weighted by Crippen LogP contribution is 2.25. The van der Waals surface area contributed by atoms with Gasteiger partial charge in [-0.15, -0.1) is 12.4 Å². The van der Waals surface area contributed by atoms with E-state index in [1.807, 2.05) is 36.2 Å². The van der Waals surface area contributed by atoms with E-state index in [1.165, 1.54) is 0 Å². The first-order chi connectivity index (χ1) is 11.7. The van der Waals surface area contributed by atoms with Crippen LogP contribution in [-0.2, 0) is 9.59 Å². The second-order valence-electron chi connectivity index (χ2n) is 6.38. The molecule has 0 radical (unpaired) electrons. The molecule has 2 amide bonds. The average Bonchev–Trinajstić information content (AvgIpc) is 3.22. The molecule has 2 aliphatic heterocycles. The van der Waals surface area contributed by atoms with Gasteiger partial charge in [0.1, 0.15) is 5.75 Å². The van der Waals surface area contributed by atoms with Gasteiger partial charge >= 0.3 is 0 Å². The lowest BCUT2D eigenvalue weighted by Gasteiger charge is -2.24. The van der Waals surface area contributed by atoms with Gasteiger partial charge in [0, 0.05) is 43.9 Å². The first kappa shape index (κ1) is 19.5. The van der Waals surface area contributed by atoms with Crippen molar-refractivity contribution in [3.8, 4) is 5.75 Å². The van der Waals surface area contributed by atoms with Crippen LogP contribution in [0.5, 0.6) is 5.75 Å². The predicted octanol–water partition coefficient (Wildman–Crippen LogP) is 1.82. The fraction of sp³-hybridized carbons (Fsp3) is 0.556. The van der Waals surface area contributed by atoms with E-state index in [0.29, 0.717) is 12.2 Å². The number of carbonyl (C=O) groups is 2. The Morgan fingerprint density at radius 3 is 2.88 bits per heavy atom. The van der Waals surface area contributed by atoms with Gasteiger partial charge in [-0.25, -0.2) is 0 Å². The van der Waals surface area contributed by atoms with Gasteiger partial charge in [0.05, 0.1) is 0 Å². The molecular formula is C18H26ClN3O3. The monoisotopic (exact) mass is 367 g/mol. The molecule has 1 aromatic carbocycles. The summed E-state index contributed by atoms with van der Waals surface area (Å²) in [7, 11) is 1.91. The zero-order valence-corrected chi connectivity index (χ0v) is 15.4. The van der Waals surface area contributed by atoms with Crippen molar-refractivity contribution in [1.82, 2.24) is 10.2 Å². The Hall–Kier alpha value is -1.79. The number of halogens is 1. The molecule has 25 heavy (non-hydrogen) atoms. The fourth-order valence-corrected chi connectivity index (χ4v) is 3.50. The number of amides is 2. The molecule has 6 nitrogen and oxygen atoms in total. The molecule has 1 N–H and O–H groups in total. The molecule has 2 fully saturated rings. The number of rotatable bonds is 6.